The minimum Gasteiger partial charge on any atom is -0.343 e. The second-order valence-corrected chi connectivity index (χ2v) is 9.03. The SMILES string of the molecule is C[C@H](N)C(=O)N[C@@H](C)C(=O)N1CCC[C@H]1C(=O)N[C@@H](Cc1ccccc1)C(=O)N(N=O)c1ccccc1. The molecule has 0 aliphatic carbocycles. The van der Waals surface area contributed by atoms with Crippen molar-refractivity contribution in [2.24, 2.45) is 11.0 Å². The number of para-hydroxylation sites is 1. The van der Waals surface area contributed by atoms with Gasteiger partial charge in [0.15, 0.2) is 0 Å². The second kappa shape index (κ2) is 12.7. The number of rotatable bonds is 10. The van der Waals surface area contributed by atoms with Crippen LogP contribution in [0.3, 0.4) is 0 Å². The summed E-state index contributed by atoms with van der Waals surface area (Å²) in [7, 11) is 0. The van der Waals surface area contributed by atoms with Crippen LogP contribution in [-0.2, 0) is 25.6 Å². The average molecular weight is 509 g/mol. The van der Waals surface area contributed by atoms with Gasteiger partial charge in [-0.05, 0) is 44.4 Å². The van der Waals surface area contributed by atoms with E-state index in [4.69, 9.17) is 5.73 Å². The van der Waals surface area contributed by atoms with Crippen LogP contribution in [0.1, 0.15) is 32.3 Å². The molecule has 11 heteroatoms. The molecule has 1 aliphatic rings. The molecule has 0 spiro atoms. The van der Waals surface area contributed by atoms with E-state index < -0.39 is 47.8 Å². The standard InChI is InChI=1S/C26H32N6O5/c1-17(27)23(33)28-18(2)25(35)31-15-9-14-22(31)24(34)29-21(16-19-10-5-3-6-11-19)26(36)32(30-37)20-12-7-4-8-13-20/h3-8,10-13,17-18,21-22H,9,14-16,27H2,1-2H3,(H,28,33)(H,29,34)/t17-,18-,21-,22-/m0/s1. The number of carbonyl (C=O) groups is 4. The summed E-state index contributed by atoms with van der Waals surface area (Å²) in [4.78, 5) is 64.8. The van der Waals surface area contributed by atoms with Gasteiger partial charge in [-0.15, -0.1) is 4.91 Å². The number of nitrogens with zero attached hydrogens (tertiary/aromatic N) is 3. The molecule has 3 rings (SSSR count). The summed E-state index contributed by atoms with van der Waals surface area (Å²) in [5.41, 5.74) is 6.61. The highest BCUT2D eigenvalue weighted by molar-refractivity contribution is 6.00. The Labute approximate surface area is 215 Å². The smallest absolute Gasteiger partial charge is 0.272 e. The van der Waals surface area contributed by atoms with Crippen LogP contribution < -0.4 is 21.4 Å². The van der Waals surface area contributed by atoms with E-state index in [-0.39, 0.29) is 12.1 Å². The fourth-order valence-electron chi connectivity index (χ4n) is 4.21. The monoisotopic (exact) mass is 508 g/mol. The predicted octanol–water partition coefficient (Wildman–Crippen LogP) is 1.27. The van der Waals surface area contributed by atoms with Crippen molar-refractivity contribution in [3.8, 4) is 0 Å². The molecule has 4 amide bonds. The van der Waals surface area contributed by atoms with Gasteiger partial charge < -0.3 is 21.3 Å². The van der Waals surface area contributed by atoms with E-state index in [9.17, 15) is 24.1 Å². The van der Waals surface area contributed by atoms with Gasteiger partial charge in [0.25, 0.3) is 5.91 Å². The molecule has 196 valence electrons. The van der Waals surface area contributed by atoms with E-state index >= 15 is 0 Å². The van der Waals surface area contributed by atoms with Crippen LogP contribution >= 0.6 is 0 Å². The number of anilines is 1. The summed E-state index contributed by atoms with van der Waals surface area (Å²) in [6.07, 6.45) is 1.10. The molecule has 4 N–H and O–H groups in total. The fourth-order valence-corrected chi connectivity index (χ4v) is 4.21. The summed E-state index contributed by atoms with van der Waals surface area (Å²) in [5, 5.41) is 8.92. The van der Waals surface area contributed by atoms with E-state index in [1.165, 1.54) is 18.7 Å². The number of amides is 4. The molecule has 1 aliphatic heterocycles. The molecule has 1 fully saturated rings. The Kier molecular flexibility index (Phi) is 9.45. The van der Waals surface area contributed by atoms with Gasteiger partial charge in [0.2, 0.25) is 17.7 Å². The number of hydrogen-bond donors (Lipinski definition) is 3. The number of nitroso groups, excluding NO2 is 1. The third-order valence-electron chi connectivity index (χ3n) is 6.17. The lowest BCUT2D eigenvalue weighted by atomic mass is 10.0. The molecule has 0 unspecified atom stereocenters. The zero-order chi connectivity index (χ0) is 26.9. The van der Waals surface area contributed by atoms with Gasteiger partial charge in [-0.25, -0.2) is 0 Å². The lowest BCUT2D eigenvalue weighted by molar-refractivity contribution is -0.141. The summed E-state index contributed by atoms with van der Waals surface area (Å²) < 4.78 is 0. The summed E-state index contributed by atoms with van der Waals surface area (Å²) in [6.45, 7) is 3.37. The molecular formula is C26H32N6O5. The Morgan fingerprint density at radius 2 is 1.65 bits per heavy atom. The highest BCUT2D eigenvalue weighted by Gasteiger charge is 2.38. The van der Waals surface area contributed by atoms with Crippen LogP contribution in [0, 0.1) is 4.91 Å². The molecule has 1 saturated heterocycles. The number of nitrogens with two attached hydrogens (primary N) is 1. The number of likely N-dealkylation sites (tertiary alicyclic amines) is 1. The third-order valence-corrected chi connectivity index (χ3v) is 6.17. The van der Waals surface area contributed by atoms with Crippen molar-refractivity contribution in [1.29, 1.82) is 0 Å². The zero-order valence-corrected chi connectivity index (χ0v) is 20.9. The van der Waals surface area contributed by atoms with Crippen molar-refractivity contribution in [2.45, 2.75) is 57.3 Å². The molecule has 2 aromatic rings. The van der Waals surface area contributed by atoms with Crippen molar-refractivity contribution in [1.82, 2.24) is 15.5 Å². The second-order valence-electron chi connectivity index (χ2n) is 9.03. The van der Waals surface area contributed by atoms with Gasteiger partial charge in [-0.1, -0.05) is 48.5 Å². The van der Waals surface area contributed by atoms with Gasteiger partial charge >= 0.3 is 0 Å². The van der Waals surface area contributed by atoms with E-state index in [0.29, 0.717) is 19.4 Å². The van der Waals surface area contributed by atoms with Crippen molar-refractivity contribution in [3.63, 3.8) is 0 Å². The van der Waals surface area contributed by atoms with Crippen LogP contribution in [0.2, 0.25) is 0 Å². The van der Waals surface area contributed by atoms with Crippen LogP contribution in [0.25, 0.3) is 0 Å². The van der Waals surface area contributed by atoms with E-state index in [0.717, 1.165) is 10.6 Å². The van der Waals surface area contributed by atoms with Crippen LogP contribution in [-0.4, -0.2) is 59.2 Å². The molecule has 1 heterocycles. The molecule has 11 nitrogen and oxygen atoms in total. The number of benzene rings is 2. The zero-order valence-electron chi connectivity index (χ0n) is 20.9. The Hall–Kier alpha value is -4.12. The first-order chi connectivity index (χ1) is 17.7. The van der Waals surface area contributed by atoms with Crippen LogP contribution in [0.15, 0.2) is 65.9 Å². The van der Waals surface area contributed by atoms with Crippen LogP contribution in [0.5, 0.6) is 0 Å². The van der Waals surface area contributed by atoms with Crippen molar-refractivity contribution < 1.29 is 19.2 Å². The Bertz CT molecular complexity index is 1110. The number of nitrogens with one attached hydrogen (secondary N) is 2. The number of carbonyl (C=O) groups excluding carboxylic acids is 4. The molecule has 0 aromatic heterocycles. The summed E-state index contributed by atoms with van der Waals surface area (Å²) >= 11 is 0. The van der Waals surface area contributed by atoms with E-state index in [1.807, 2.05) is 18.2 Å². The lowest BCUT2D eigenvalue weighted by Crippen LogP contribution is -2.57. The molecule has 0 radical (unpaired) electrons. The van der Waals surface area contributed by atoms with Gasteiger partial charge in [-0.3, -0.25) is 19.2 Å². The van der Waals surface area contributed by atoms with Gasteiger partial charge in [-0.2, -0.15) is 5.01 Å². The topological polar surface area (TPSA) is 154 Å². The summed E-state index contributed by atoms with van der Waals surface area (Å²) in [6, 6.07) is 13.7. The maximum Gasteiger partial charge on any atom is 0.272 e. The van der Waals surface area contributed by atoms with Crippen LogP contribution in [0.4, 0.5) is 5.69 Å². The fraction of sp³-hybridized carbons (Fsp3) is 0.385. The molecule has 0 saturated carbocycles. The molecular weight excluding hydrogens is 476 g/mol. The highest BCUT2D eigenvalue weighted by atomic mass is 16.3. The van der Waals surface area contributed by atoms with Crippen molar-refractivity contribution >= 4 is 29.3 Å². The van der Waals surface area contributed by atoms with Gasteiger partial charge in [0, 0.05) is 13.0 Å². The normalized spacial score (nSPS) is 17.3. The average Bonchev–Trinajstić information content (AvgIpc) is 3.39. The Morgan fingerprint density at radius 1 is 1.03 bits per heavy atom. The number of hydrogen-bond acceptors (Lipinski definition) is 7. The molecule has 2 aromatic carbocycles. The highest BCUT2D eigenvalue weighted by Crippen LogP contribution is 2.21. The molecule has 0 bridgehead atoms. The Morgan fingerprint density at radius 3 is 2.24 bits per heavy atom. The first-order valence-corrected chi connectivity index (χ1v) is 12.2. The maximum absolute atomic E-state index is 13.4. The minimum absolute atomic E-state index is 0.117. The molecule has 37 heavy (non-hydrogen) atoms. The quantitative estimate of drug-likeness (QED) is 0.324. The predicted molar refractivity (Wildman–Crippen MR) is 138 cm³/mol. The maximum atomic E-state index is 13.4. The van der Waals surface area contributed by atoms with E-state index in [1.54, 1.807) is 42.5 Å². The largest absolute Gasteiger partial charge is 0.343 e. The third kappa shape index (κ3) is 6.98. The first kappa shape index (κ1) is 27.5. The molecule has 4 atom stereocenters. The lowest BCUT2D eigenvalue weighted by Gasteiger charge is -2.29. The van der Waals surface area contributed by atoms with E-state index in [2.05, 4.69) is 15.9 Å². The van der Waals surface area contributed by atoms with Gasteiger partial charge in [0.05, 0.1) is 17.0 Å². The van der Waals surface area contributed by atoms with Crippen molar-refractivity contribution in [2.75, 3.05) is 11.6 Å². The Balaban J connectivity index is 1.79. The minimum atomic E-state index is -1.11. The van der Waals surface area contributed by atoms with Crippen molar-refractivity contribution in [3.05, 3.63) is 71.1 Å². The van der Waals surface area contributed by atoms with Gasteiger partial charge in [0.1, 0.15) is 18.1 Å². The first-order valence-electron chi connectivity index (χ1n) is 12.2. The summed E-state index contributed by atoms with van der Waals surface area (Å²) in [5.74, 6) is -2.12.